The van der Waals surface area contributed by atoms with Crippen LogP contribution < -0.4 is 10.1 Å². The Labute approximate surface area is 99.8 Å². The van der Waals surface area contributed by atoms with Crippen molar-refractivity contribution < 1.29 is 9.53 Å². The van der Waals surface area contributed by atoms with Crippen molar-refractivity contribution in [2.75, 3.05) is 12.4 Å². The number of carbonyl (C=O) groups is 1. The molecule has 4 nitrogen and oxygen atoms in total. The molecule has 88 valence electrons. The van der Waals surface area contributed by atoms with E-state index in [9.17, 15) is 4.79 Å². The van der Waals surface area contributed by atoms with Gasteiger partial charge in [-0.3, -0.25) is 4.79 Å². The van der Waals surface area contributed by atoms with Crippen LogP contribution in [0.2, 0.25) is 0 Å². The summed E-state index contributed by atoms with van der Waals surface area (Å²) in [5, 5.41) is 2.83. The number of hydrogen-bond donors (Lipinski definition) is 1. The lowest BCUT2D eigenvalue weighted by atomic mass is 10.2. The number of ether oxygens (including phenoxy) is 1. The van der Waals surface area contributed by atoms with Crippen LogP contribution in [0.4, 0.5) is 5.82 Å². The monoisotopic (exact) mass is 230 g/mol. The summed E-state index contributed by atoms with van der Waals surface area (Å²) in [6, 6.07) is 10.7. The van der Waals surface area contributed by atoms with Crippen LogP contribution in [0.25, 0.3) is 0 Å². The molecule has 2 aromatic rings. The van der Waals surface area contributed by atoms with E-state index in [2.05, 4.69) is 5.32 Å². The Morgan fingerprint density at radius 2 is 1.94 bits per heavy atom. The maximum absolute atomic E-state index is 11.9. The van der Waals surface area contributed by atoms with Crippen molar-refractivity contribution in [3.8, 4) is 5.75 Å². The molecule has 0 saturated carbocycles. The molecular weight excluding hydrogens is 216 g/mol. The van der Waals surface area contributed by atoms with Gasteiger partial charge in [0, 0.05) is 18.8 Å². The number of amides is 1. The minimum absolute atomic E-state index is 0.130. The zero-order valence-corrected chi connectivity index (χ0v) is 9.81. The molecule has 0 spiro atoms. The molecule has 1 heterocycles. The standard InChI is InChI=1S/C13H14N2O2/c1-15-9-3-4-12(15)14-13(16)10-5-7-11(17-2)8-6-10/h3-9H,1-2H3,(H,14,16). The van der Waals surface area contributed by atoms with Gasteiger partial charge in [0.05, 0.1) is 7.11 Å². The van der Waals surface area contributed by atoms with Crippen molar-refractivity contribution in [1.29, 1.82) is 0 Å². The van der Waals surface area contributed by atoms with E-state index in [0.29, 0.717) is 5.56 Å². The number of nitrogens with one attached hydrogen (secondary N) is 1. The summed E-state index contributed by atoms with van der Waals surface area (Å²) in [7, 11) is 3.47. The Kier molecular flexibility index (Phi) is 3.14. The molecular formula is C13H14N2O2. The number of benzene rings is 1. The smallest absolute Gasteiger partial charge is 0.256 e. The summed E-state index contributed by atoms with van der Waals surface area (Å²) < 4.78 is 6.89. The lowest BCUT2D eigenvalue weighted by Gasteiger charge is -2.06. The third-order valence-electron chi connectivity index (χ3n) is 2.54. The first-order valence-electron chi connectivity index (χ1n) is 5.27. The quantitative estimate of drug-likeness (QED) is 0.879. The van der Waals surface area contributed by atoms with Crippen molar-refractivity contribution in [1.82, 2.24) is 4.57 Å². The Morgan fingerprint density at radius 1 is 1.24 bits per heavy atom. The van der Waals surface area contributed by atoms with Crippen LogP contribution in [-0.2, 0) is 7.05 Å². The van der Waals surface area contributed by atoms with Crippen LogP contribution >= 0.6 is 0 Å². The van der Waals surface area contributed by atoms with Crippen LogP contribution in [0.5, 0.6) is 5.75 Å². The number of rotatable bonds is 3. The molecule has 17 heavy (non-hydrogen) atoms. The van der Waals surface area contributed by atoms with Gasteiger partial charge in [0.2, 0.25) is 0 Å². The Morgan fingerprint density at radius 3 is 2.47 bits per heavy atom. The molecule has 0 aliphatic heterocycles. The molecule has 1 aromatic carbocycles. The van der Waals surface area contributed by atoms with Crippen LogP contribution in [0.3, 0.4) is 0 Å². The molecule has 0 unspecified atom stereocenters. The number of aryl methyl sites for hydroxylation is 1. The Balaban J connectivity index is 2.12. The first-order valence-corrected chi connectivity index (χ1v) is 5.27. The average Bonchev–Trinajstić information content (AvgIpc) is 2.75. The highest BCUT2D eigenvalue weighted by molar-refractivity contribution is 6.03. The van der Waals surface area contributed by atoms with Crippen LogP contribution in [-0.4, -0.2) is 17.6 Å². The van der Waals surface area contributed by atoms with E-state index in [1.54, 1.807) is 31.4 Å². The van der Waals surface area contributed by atoms with E-state index in [1.807, 2.05) is 29.9 Å². The maximum Gasteiger partial charge on any atom is 0.256 e. The second-order valence-electron chi connectivity index (χ2n) is 3.69. The van der Waals surface area contributed by atoms with Gasteiger partial charge >= 0.3 is 0 Å². The largest absolute Gasteiger partial charge is 0.497 e. The van der Waals surface area contributed by atoms with Gasteiger partial charge in [-0.15, -0.1) is 0 Å². The normalized spacial score (nSPS) is 10.0. The molecule has 1 amide bonds. The Bertz CT molecular complexity index is 514. The number of methoxy groups -OCH3 is 1. The van der Waals surface area contributed by atoms with Gasteiger partial charge in [-0.25, -0.2) is 0 Å². The summed E-state index contributed by atoms with van der Waals surface area (Å²) in [5.41, 5.74) is 0.604. The van der Waals surface area contributed by atoms with Gasteiger partial charge in [-0.2, -0.15) is 0 Å². The predicted octanol–water partition coefficient (Wildman–Crippen LogP) is 2.29. The molecule has 2 rings (SSSR count). The summed E-state index contributed by atoms with van der Waals surface area (Å²) in [6.45, 7) is 0. The fourth-order valence-electron chi connectivity index (χ4n) is 1.52. The summed E-state index contributed by atoms with van der Waals surface area (Å²) in [5.74, 6) is 1.38. The highest BCUT2D eigenvalue weighted by Gasteiger charge is 2.07. The van der Waals surface area contributed by atoms with Crippen molar-refractivity contribution >= 4 is 11.7 Å². The zero-order valence-electron chi connectivity index (χ0n) is 9.81. The molecule has 4 heteroatoms. The number of hydrogen-bond acceptors (Lipinski definition) is 2. The molecule has 0 bridgehead atoms. The fourth-order valence-corrected chi connectivity index (χ4v) is 1.52. The summed E-state index contributed by atoms with van der Waals surface area (Å²) >= 11 is 0. The summed E-state index contributed by atoms with van der Waals surface area (Å²) in [6.07, 6.45) is 1.88. The molecule has 0 fully saturated rings. The van der Waals surface area contributed by atoms with Gasteiger partial charge in [0.15, 0.2) is 0 Å². The molecule has 1 N–H and O–H groups in total. The van der Waals surface area contributed by atoms with E-state index in [0.717, 1.165) is 11.6 Å². The number of nitrogens with zero attached hydrogens (tertiary/aromatic N) is 1. The van der Waals surface area contributed by atoms with Crippen molar-refractivity contribution in [3.05, 3.63) is 48.2 Å². The van der Waals surface area contributed by atoms with Crippen molar-refractivity contribution in [2.24, 2.45) is 7.05 Å². The van der Waals surface area contributed by atoms with E-state index < -0.39 is 0 Å². The molecule has 0 saturated heterocycles. The minimum Gasteiger partial charge on any atom is -0.497 e. The maximum atomic E-state index is 11.9. The average molecular weight is 230 g/mol. The van der Waals surface area contributed by atoms with Crippen molar-refractivity contribution in [2.45, 2.75) is 0 Å². The molecule has 0 radical (unpaired) electrons. The van der Waals surface area contributed by atoms with E-state index in [4.69, 9.17) is 4.74 Å². The van der Waals surface area contributed by atoms with Gasteiger partial charge < -0.3 is 14.6 Å². The van der Waals surface area contributed by atoms with E-state index >= 15 is 0 Å². The number of carbonyl (C=O) groups excluding carboxylic acids is 1. The SMILES string of the molecule is COc1ccc(C(=O)Nc2cccn2C)cc1. The van der Waals surface area contributed by atoms with Gasteiger partial charge in [-0.05, 0) is 36.4 Å². The van der Waals surface area contributed by atoms with E-state index in [-0.39, 0.29) is 5.91 Å². The number of anilines is 1. The van der Waals surface area contributed by atoms with Gasteiger partial charge in [-0.1, -0.05) is 0 Å². The zero-order chi connectivity index (χ0) is 12.3. The van der Waals surface area contributed by atoms with Crippen LogP contribution in [0.15, 0.2) is 42.6 Å². The first kappa shape index (κ1) is 11.3. The van der Waals surface area contributed by atoms with Gasteiger partial charge in [0.25, 0.3) is 5.91 Å². The highest BCUT2D eigenvalue weighted by atomic mass is 16.5. The van der Waals surface area contributed by atoms with Crippen LogP contribution in [0, 0.1) is 0 Å². The molecule has 0 atom stereocenters. The second kappa shape index (κ2) is 4.74. The van der Waals surface area contributed by atoms with Gasteiger partial charge in [0.1, 0.15) is 11.6 Å². The molecule has 0 aliphatic rings. The van der Waals surface area contributed by atoms with E-state index in [1.165, 1.54) is 0 Å². The lowest BCUT2D eigenvalue weighted by Crippen LogP contribution is -2.13. The highest BCUT2D eigenvalue weighted by Crippen LogP contribution is 2.13. The third kappa shape index (κ3) is 2.47. The molecule has 1 aromatic heterocycles. The Hall–Kier alpha value is -2.23. The summed E-state index contributed by atoms with van der Waals surface area (Å²) in [4.78, 5) is 11.9. The lowest BCUT2D eigenvalue weighted by molar-refractivity contribution is 0.102. The topological polar surface area (TPSA) is 43.3 Å². The second-order valence-corrected chi connectivity index (χ2v) is 3.69. The predicted molar refractivity (Wildman–Crippen MR) is 66.4 cm³/mol. The first-order chi connectivity index (χ1) is 8.20. The number of aromatic nitrogens is 1. The molecule has 0 aliphatic carbocycles. The minimum atomic E-state index is -0.130. The van der Waals surface area contributed by atoms with Crippen LogP contribution in [0.1, 0.15) is 10.4 Å². The van der Waals surface area contributed by atoms with Crippen molar-refractivity contribution in [3.63, 3.8) is 0 Å². The fraction of sp³-hybridized carbons (Fsp3) is 0.154. The third-order valence-corrected chi connectivity index (χ3v) is 2.54.